The lowest BCUT2D eigenvalue weighted by Gasteiger charge is -2.44. The molecule has 3 rings (SSSR count). The quantitative estimate of drug-likeness (QED) is 0.230. The van der Waals surface area contributed by atoms with E-state index in [9.17, 15) is 14.4 Å². The van der Waals surface area contributed by atoms with Crippen LogP contribution in [0.1, 0.15) is 70.7 Å². The van der Waals surface area contributed by atoms with Crippen molar-refractivity contribution in [3.8, 4) is 5.75 Å². The zero-order valence-corrected chi connectivity index (χ0v) is 26.8. The van der Waals surface area contributed by atoms with Crippen molar-refractivity contribution in [2.45, 2.75) is 77.6 Å². The van der Waals surface area contributed by atoms with Crippen molar-refractivity contribution >= 4 is 29.7 Å². The van der Waals surface area contributed by atoms with Gasteiger partial charge < -0.3 is 25.0 Å². The van der Waals surface area contributed by atoms with Crippen molar-refractivity contribution in [2.24, 2.45) is 0 Å². The second kappa shape index (κ2) is 14.7. The van der Waals surface area contributed by atoms with E-state index in [-0.39, 0.29) is 6.42 Å². The Morgan fingerprint density at radius 1 is 0.932 bits per heavy atom. The molecule has 0 radical (unpaired) electrons. The highest BCUT2D eigenvalue weighted by Gasteiger charge is 2.43. The number of hydrogen-bond donors (Lipinski definition) is 2. The monoisotopic (exact) mass is 599 g/mol. The maximum atomic E-state index is 14.8. The molecule has 2 N–H and O–H groups in total. The number of alkyl carbamates (subject to hydrolysis) is 1. The molecule has 0 fully saturated rings. The lowest BCUT2D eigenvalue weighted by Crippen LogP contribution is -2.59. The summed E-state index contributed by atoms with van der Waals surface area (Å²) in [4.78, 5) is 43.7. The normalized spacial score (nSPS) is 12.8. The van der Waals surface area contributed by atoms with E-state index in [0.29, 0.717) is 23.4 Å². The van der Waals surface area contributed by atoms with Gasteiger partial charge in [-0.1, -0.05) is 68.1 Å². The molecule has 2 unspecified atom stereocenters. The third kappa shape index (κ3) is 9.20. The lowest BCUT2D eigenvalue weighted by molar-refractivity contribution is -0.147. The maximum Gasteiger partial charge on any atom is 0.408 e. The van der Waals surface area contributed by atoms with Crippen molar-refractivity contribution in [3.05, 3.63) is 102 Å². The standard InChI is InChI=1S/C36H45N3O5/c1-9-25-17-14-18-27(23-25)31(32(40)37-28-19-21-29(43-8)22-20-28)39(36(6,7)10-2)33(41)30(24-26-15-12-11-13-16-26)38-34(42)44-35(3,4)5/h9,11-23,30-31H,1,10,24H2,2-8H3,(H,37,40)(H,38,42). The van der Waals surface area contributed by atoms with E-state index >= 15 is 0 Å². The predicted octanol–water partition coefficient (Wildman–Crippen LogP) is 7.17. The minimum absolute atomic E-state index is 0.203. The van der Waals surface area contributed by atoms with E-state index in [4.69, 9.17) is 9.47 Å². The number of anilines is 1. The average Bonchev–Trinajstić information content (AvgIpc) is 2.99. The number of benzene rings is 3. The number of hydrogen-bond acceptors (Lipinski definition) is 5. The zero-order valence-electron chi connectivity index (χ0n) is 26.8. The topological polar surface area (TPSA) is 97.0 Å². The van der Waals surface area contributed by atoms with Crippen LogP contribution in [0.2, 0.25) is 0 Å². The molecule has 8 heteroatoms. The fourth-order valence-corrected chi connectivity index (χ4v) is 4.77. The minimum atomic E-state index is -1.04. The van der Waals surface area contributed by atoms with Gasteiger partial charge in [-0.15, -0.1) is 0 Å². The Hall–Kier alpha value is -4.59. The SMILES string of the molecule is C=Cc1cccc(C(C(=O)Nc2ccc(OC)cc2)N(C(=O)C(Cc2ccccc2)NC(=O)OC(C)(C)C)C(C)(C)CC)c1. The highest BCUT2D eigenvalue weighted by molar-refractivity contribution is 5.99. The molecule has 0 aliphatic carbocycles. The van der Waals surface area contributed by atoms with E-state index < -0.39 is 41.1 Å². The van der Waals surface area contributed by atoms with Crippen LogP contribution in [0.15, 0.2) is 85.4 Å². The lowest BCUT2D eigenvalue weighted by atomic mass is 9.90. The Kier molecular flexibility index (Phi) is 11.4. The van der Waals surface area contributed by atoms with Crippen LogP contribution in [0.25, 0.3) is 6.08 Å². The van der Waals surface area contributed by atoms with Crippen LogP contribution >= 0.6 is 0 Å². The molecule has 3 amide bonds. The van der Waals surface area contributed by atoms with Gasteiger partial charge in [0.05, 0.1) is 7.11 Å². The van der Waals surface area contributed by atoms with Gasteiger partial charge in [-0.25, -0.2) is 4.79 Å². The summed E-state index contributed by atoms with van der Waals surface area (Å²) >= 11 is 0. The van der Waals surface area contributed by atoms with Crippen LogP contribution in [-0.2, 0) is 20.7 Å². The van der Waals surface area contributed by atoms with Crippen LogP contribution in [0, 0.1) is 0 Å². The van der Waals surface area contributed by atoms with Crippen LogP contribution in [-0.4, -0.2) is 47.1 Å². The van der Waals surface area contributed by atoms with Crippen molar-refractivity contribution in [2.75, 3.05) is 12.4 Å². The minimum Gasteiger partial charge on any atom is -0.497 e. The molecular formula is C36H45N3O5. The molecule has 0 bridgehead atoms. The molecule has 44 heavy (non-hydrogen) atoms. The van der Waals surface area contributed by atoms with E-state index in [2.05, 4.69) is 17.2 Å². The molecule has 0 aliphatic heterocycles. The highest BCUT2D eigenvalue weighted by atomic mass is 16.6. The molecule has 0 aromatic heterocycles. The summed E-state index contributed by atoms with van der Waals surface area (Å²) in [5, 5.41) is 5.81. The number of carbonyl (C=O) groups is 3. The number of amides is 3. The van der Waals surface area contributed by atoms with Crippen LogP contribution < -0.4 is 15.4 Å². The first-order valence-electron chi connectivity index (χ1n) is 14.8. The van der Waals surface area contributed by atoms with Gasteiger partial charge in [-0.3, -0.25) is 9.59 Å². The molecule has 3 aromatic rings. The number of nitrogens with one attached hydrogen (secondary N) is 2. The van der Waals surface area contributed by atoms with Crippen LogP contribution in [0.4, 0.5) is 10.5 Å². The van der Waals surface area contributed by atoms with Gasteiger partial charge in [0.2, 0.25) is 5.91 Å². The first-order chi connectivity index (χ1) is 20.8. The Labute approximate surface area is 261 Å². The molecule has 8 nitrogen and oxygen atoms in total. The third-order valence-corrected chi connectivity index (χ3v) is 7.35. The molecule has 0 heterocycles. The summed E-state index contributed by atoms with van der Waals surface area (Å²) in [7, 11) is 1.57. The summed E-state index contributed by atoms with van der Waals surface area (Å²) in [5.41, 5.74) is 1.25. The largest absolute Gasteiger partial charge is 0.497 e. The van der Waals surface area contributed by atoms with Crippen molar-refractivity contribution in [3.63, 3.8) is 0 Å². The Bertz CT molecular complexity index is 1430. The fraction of sp³-hybridized carbons (Fsp3) is 0.361. The van der Waals surface area contributed by atoms with Gasteiger partial charge in [0.15, 0.2) is 0 Å². The van der Waals surface area contributed by atoms with Crippen molar-refractivity contribution < 1.29 is 23.9 Å². The van der Waals surface area contributed by atoms with Gasteiger partial charge in [0.25, 0.3) is 5.91 Å². The summed E-state index contributed by atoms with van der Waals surface area (Å²) in [5.74, 6) is -0.161. The molecule has 3 aromatic carbocycles. The highest BCUT2D eigenvalue weighted by Crippen LogP contribution is 2.34. The van der Waals surface area contributed by atoms with Gasteiger partial charge >= 0.3 is 6.09 Å². The van der Waals surface area contributed by atoms with Gasteiger partial charge in [0.1, 0.15) is 23.4 Å². The van der Waals surface area contributed by atoms with E-state index in [1.807, 2.05) is 75.4 Å². The maximum absolute atomic E-state index is 14.8. The van der Waals surface area contributed by atoms with E-state index in [1.54, 1.807) is 63.1 Å². The number of methoxy groups -OCH3 is 1. The fourth-order valence-electron chi connectivity index (χ4n) is 4.77. The summed E-state index contributed by atoms with van der Waals surface area (Å²) in [6.07, 6.45) is 1.72. The number of rotatable bonds is 12. The smallest absolute Gasteiger partial charge is 0.408 e. The second-order valence-corrected chi connectivity index (χ2v) is 12.3. The molecule has 2 atom stereocenters. The third-order valence-electron chi connectivity index (χ3n) is 7.35. The average molecular weight is 600 g/mol. The van der Waals surface area contributed by atoms with Gasteiger partial charge in [-0.05, 0) is 88.1 Å². The molecule has 0 spiro atoms. The van der Waals surface area contributed by atoms with Gasteiger partial charge in [-0.2, -0.15) is 0 Å². The predicted molar refractivity (Wildman–Crippen MR) is 175 cm³/mol. The molecule has 0 saturated heterocycles. The number of nitrogens with zero attached hydrogens (tertiary/aromatic N) is 1. The summed E-state index contributed by atoms with van der Waals surface area (Å²) < 4.78 is 10.8. The van der Waals surface area contributed by atoms with Crippen LogP contribution in [0.3, 0.4) is 0 Å². The zero-order chi connectivity index (χ0) is 32.5. The van der Waals surface area contributed by atoms with E-state index in [1.165, 1.54) is 0 Å². The number of carbonyl (C=O) groups excluding carboxylic acids is 3. The molecule has 0 aliphatic rings. The van der Waals surface area contributed by atoms with Crippen LogP contribution in [0.5, 0.6) is 5.75 Å². The first-order valence-corrected chi connectivity index (χ1v) is 14.8. The number of ether oxygens (including phenoxy) is 2. The molecule has 234 valence electrons. The first kappa shape index (κ1) is 33.9. The van der Waals surface area contributed by atoms with Crippen molar-refractivity contribution in [1.29, 1.82) is 0 Å². The second-order valence-electron chi connectivity index (χ2n) is 12.3. The molecule has 0 saturated carbocycles. The summed E-state index contributed by atoms with van der Waals surface area (Å²) in [6.45, 7) is 15.0. The Morgan fingerprint density at radius 3 is 2.16 bits per heavy atom. The Balaban J connectivity index is 2.15. The Morgan fingerprint density at radius 2 is 1.59 bits per heavy atom. The molecular weight excluding hydrogens is 554 g/mol. The van der Waals surface area contributed by atoms with Gasteiger partial charge in [0, 0.05) is 17.6 Å². The van der Waals surface area contributed by atoms with E-state index in [0.717, 1.165) is 11.1 Å². The summed E-state index contributed by atoms with van der Waals surface area (Å²) in [6, 6.07) is 21.8. The van der Waals surface area contributed by atoms with Crippen molar-refractivity contribution in [1.82, 2.24) is 10.2 Å².